The molecule has 0 amide bonds. The molecule has 0 aliphatic heterocycles. The molecule has 4 fully saturated rings. The van der Waals surface area contributed by atoms with Crippen LogP contribution in [0.15, 0.2) is 47.4 Å². The maximum Gasteiger partial charge on any atom is 0.321 e. The van der Waals surface area contributed by atoms with Crippen molar-refractivity contribution in [3.63, 3.8) is 0 Å². The molecule has 4 bridgehead atoms. The Labute approximate surface area is 188 Å². The van der Waals surface area contributed by atoms with Crippen LogP contribution in [0.2, 0.25) is 0 Å². The summed E-state index contributed by atoms with van der Waals surface area (Å²) in [6.45, 7) is 1.12. The molecule has 0 saturated heterocycles. The van der Waals surface area contributed by atoms with E-state index >= 15 is 0 Å². The Hall–Kier alpha value is -2.25. The van der Waals surface area contributed by atoms with E-state index in [2.05, 4.69) is 4.72 Å². The topological polar surface area (TPSA) is 89.5 Å². The van der Waals surface area contributed by atoms with Crippen LogP contribution in [0.25, 0.3) is 10.8 Å². The van der Waals surface area contributed by atoms with Crippen LogP contribution in [-0.4, -0.2) is 32.8 Å². The van der Waals surface area contributed by atoms with Gasteiger partial charge >= 0.3 is 5.97 Å². The number of carbonyl (C=O) groups is 2. The summed E-state index contributed by atoms with van der Waals surface area (Å²) in [6, 6.07) is 12.3. The number of esters is 1. The summed E-state index contributed by atoms with van der Waals surface area (Å²) < 4.78 is 33.0. The first-order chi connectivity index (χ1) is 15.2. The van der Waals surface area contributed by atoms with E-state index in [0.717, 1.165) is 30.0 Å². The molecule has 0 heterocycles. The Morgan fingerprint density at radius 1 is 1.00 bits per heavy atom. The average molecular weight is 456 g/mol. The maximum atomic E-state index is 13.3. The van der Waals surface area contributed by atoms with Gasteiger partial charge in [0.1, 0.15) is 6.54 Å². The molecule has 0 radical (unpaired) electrons. The van der Waals surface area contributed by atoms with Crippen molar-refractivity contribution in [1.29, 1.82) is 0 Å². The first-order valence-electron chi connectivity index (χ1n) is 11.5. The highest BCUT2D eigenvalue weighted by Gasteiger charge is 2.55. The summed E-state index contributed by atoms with van der Waals surface area (Å²) >= 11 is 0. The van der Waals surface area contributed by atoms with Crippen molar-refractivity contribution < 1.29 is 22.7 Å². The molecule has 0 aromatic heterocycles. The van der Waals surface area contributed by atoms with Gasteiger partial charge in [-0.25, -0.2) is 8.42 Å². The summed E-state index contributed by atoms with van der Waals surface area (Å²) in [5.41, 5.74) is -0.348. The van der Waals surface area contributed by atoms with Gasteiger partial charge in [0.15, 0.2) is 11.9 Å². The van der Waals surface area contributed by atoms with Gasteiger partial charge in [0.25, 0.3) is 0 Å². The molecule has 1 atom stereocenters. The lowest BCUT2D eigenvalue weighted by molar-refractivity contribution is -0.164. The maximum absolute atomic E-state index is 13.3. The third-order valence-corrected chi connectivity index (χ3v) is 9.08. The first-order valence-corrected chi connectivity index (χ1v) is 12.9. The van der Waals surface area contributed by atoms with Crippen molar-refractivity contribution in [1.82, 2.24) is 4.72 Å². The van der Waals surface area contributed by atoms with Gasteiger partial charge in [-0.2, -0.15) is 4.72 Å². The molecule has 1 N–H and O–H groups in total. The minimum atomic E-state index is -3.88. The van der Waals surface area contributed by atoms with Crippen LogP contribution in [0.1, 0.15) is 45.4 Å². The highest BCUT2D eigenvalue weighted by atomic mass is 32.2. The van der Waals surface area contributed by atoms with Crippen molar-refractivity contribution >= 4 is 32.5 Å². The molecule has 7 heteroatoms. The molecule has 0 spiro atoms. The molecule has 32 heavy (non-hydrogen) atoms. The predicted molar refractivity (Wildman–Crippen MR) is 120 cm³/mol. The second-order valence-electron chi connectivity index (χ2n) is 10.0. The van der Waals surface area contributed by atoms with Gasteiger partial charge in [0.2, 0.25) is 10.0 Å². The number of ether oxygens (including phenoxy) is 1. The van der Waals surface area contributed by atoms with E-state index in [9.17, 15) is 18.0 Å². The molecular weight excluding hydrogens is 426 g/mol. The Kier molecular flexibility index (Phi) is 5.37. The number of Topliss-reactive ketones (excluding diaryl/α,β-unsaturated/α-hetero) is 1. The van der Waals surface area contributed by atoms with Crippen LogP contribution in [-0.2, 0) is 24.3 Å². The van der Waals surface area contributed by atoms with Gasteiger partial charge < -0.3 is 4.74 Å². The minimum absolute atomic E-state index is 0.0161. The summed E-state index contributed by atoms with van der Waals surface area (Å²) in [5, 5.41) is 1.73. The number of ketones is 1. The van der Waals surface area contributed by atoms with Crippen molar-refractivity contribution in [3.05, 3.63) is 42.5 Å². The average Bonchev–Trinajstić information content (AvgIpc) is 2.76. The fourth-order valence-corrected chi connectivity index (χ4v) is 7.71. The third-order valence-electron chi connectivity index (χ3n) is 7.68. The zero-order valence-corrected chi connectivity index (χ0v) is 19.1. The lowest BCUT2D eigenvalue weighted by atomic mass is 9.48. The fraction of sp³-hybridized carbons (Fsp3) is 0.520. The van der Waals surface area contributed by atoms with Gasteiger partial charge in [0.05, 0.1) is 4.90 Å². The molecule has 2 aromatic rings. The summed E-state index contributed by atoms with van der Waals surface area (Å²) in [4.78, 5) is 25.7. The predicted octanol–water partition coefficient (Wildman–Crippen LogP) is 3.84. The Balaban J connectivity index is 1.20. The summed E-state index contributed by atoms with van der Waals surface area (Å²) in [5.74, 6) is 1.16. The molecule has 4 saturated carbocycles. The van der Waals surface area contributed by atoms with Gasteiger partial charge in [-0.3, -0.25) is 9.59 Å². The van der Waals surface area contributed by atoms with Crippen LogP contribution in [0, 0.1) is 23.2 Å². The van der Waals surface area contributed by atoms with Crippen molar-refractivity contribution in [2.75, 3.05) is 6.54 Å². The van der Waals surface area contributed by atoms with Gasteiger partial charge in [0, 0.05) is 5.41 Å². The van der Waals surface area contributed by atoms with Crippen molar-refractivity contribution in [3.8, 4) is 0 Å². The van der Waals surface area contributed by atoms with Crippen LogP contribution in [0.4, 0.5) is 0 Å². The number of rotatable bonds is 7. The summed E-state index contributed by atoms with van der Waals surface area (Å²) in [7, 11) is -3.88. The Bertz CT molecular complexity index is 1140. The highest BCUT2D eigenvalue weighted by molar-refractivity contribution is 7.89. The van der Waals surface area contributed by atoms with E-state index < -0.39 is 28.6 Å². The lowest BCUT2D eigenvalue weighted by Crippen LogP contribution is -2.53. The van der Waals surface area contributed by atoms with E-state index in [4.69, 9.17) is 4.74 Å². The molecule has 6 nitrogen and oxygen atoms in total. The molecule has 4 aliphatic carbocycles. The molecule has 6 rings (SSSR count). The van der Waals surface area contributed by atoms with Gasteiger partial charge in [-0.1, -0.05) is 30.3 Å². The van der Waals surface area contributed by atoms with E-state index in [-0.39, 0.29) is 16.1 Å². The molecular formula is C25H29NO5S. The third kappa shape index (κ3) is 3.97. The molecule has 170 valence electrons. The monoisotopic (exact) mass is 455 g/mol. The lowest BCUT2D eigenvalue weighted by Gasteiger charge is -2.56. The number of fused-ring (bicyclic) bond motifs is 1. The second kappa shape index (κ2) is 7.96. The van der Waals surface area contributed by atoms with E-state index in [1.54, 1.807) is 19.1 Å². The Morgan fingerprint density at radius 2 is 1.59 bits per heavy atom. The van der Waals surface area contributed by atoms with Crippen molar-refractivity contribution in [2.45, 2.75) is 56.4 Å². The second-order valence-corrected chi connectivity index (χ2v) is 11.8. The van der Waals surface area contributed by atoms with Crippen LogP contribution < -0.4 is 4.72 Å². The smallest absolute Gasteiger partial charge is 0.321 e. The van der Waals surface area contributed by atoms with Gasteiger partial charge in [-0.15, -0.1) is 0 Å². The molecule has 2 aromatic carbocycles. The number of hydrogen-bond acceptors (Lipinski definition) is 5. The number of benzene rings is 2. The van der Waals surface area contributed by atoms with Crippen LogP contribution >= 0.6 is 0 Å². The highest BCUT2D eigenvalue weighted by Crippen LogP contribution is 2.60. The molecule has 0 unspecified atom stereocenters. The number of nitrogens with one attached hydrogen (secondary N) is 1. The summed E-state index contributed by atoms with van der Waals surface area (Å²) in [6.07, 6.45) is 5.58. The van der Waals surface area contributed by atoms with E-state index in [1.165, 1.54) is 25.3 Å². The number of carbonyl (C=O) groups excluding carboxylic acids is 2. The van der Waals surface area contributed by atoms with Gasteiger partial charge in [-0.05, 0) is 86.1 Å². The standard InChI is InChI=1S/C25H29NO5S/c1-16(24(28)25-12-17-8-18(13-25)10-19(9-17)14-25)31-23(27)15-26-32(29,30)22-7-6-20-4-2-3-5-21(20)11-22/h2-7,11,16-19,26H,8-10,12-15H2,1H3/t16-,17?,18?,19?,25?/m1/s1. The normalized spacial score (nSPS) is 29.7. The van der Waals surface area contributed by atoms with E-state index in [1.807, 2.05) is 24.3 Å². The number of sulfonamides is 1. The SMILES string of the molecule is C[C@@H](OC(=O)CNS(=O)(=O)c1ccc2ccccc2c1)C(=O)C12CC3CC(CC(C3)C1)C2. The zero-order valence-electron chi connectivity index (χ0n) is 18.3. The van der Waals surface area contributed by atoms with Crippen LogP contribution in [0.3, 0.4) is 0 Å². The largest absolute Gasteiger partial charge is 0.454 e. The van der Waals surface area contributed by atoms with Crippen LogP contribution in [0.5, 0.6) is 0 Å². The first kappa shape index (κ1) is 21.6. The zero-order chi connectivity index (χ0) is 22.5. The number of hydrogen-bond donors (Lipinski definition) is 1. The minimum Gasteiger partial charge on any atom is -0.454 e. The molecule has 4 aliphatic rings. The quantitative estimate of drug-likeness (QED) is 0.641. The van der Waals surface area contributed by atoms with E-state index in [0.29, 0.717) is 17.8 Å². The fourth-order valence-electron chi connectivity index (χ4n) is 6.71. The Morgan fingerprint density at radius 3 is 2.22 bits per heavy atom. The van der Waals surface area contributed by atoms with Crippen molar-refractivity contribution in [2.24, 2.45) is 23.2 Å².